The summed E-state index contributed by atoms with van der Waals surface area (Å²) in [6, 6.07) is 19.8. The molecule has 0 aliphatic carbocycles. The van der Waals surface area contributed by atoms with E-state index in [1.807, 2.05) is 41.3 Å². The maximum Gasteiger partial charge on any atom is 0.308 e. The van der Waals surface area contributed by atoms with Crippen molar-refractivity contribution in [3.05, 3.63) is 71.8 Å². The second-order valence-electron chi connectivity index (χ2n) is 8.13. The molecule has 0 bridgehead atoms. The maximum atomic E-state index is 12.9. The molecule has 2 aliphatic heterocycles. The number of likely N-dealkylation sites (tertiary alicyclic amines) is 2. The van der Waals surface area contributed by atoms with Gasteiger partial charge in [0.1, 0.15) is 0 Å². The number of hydrogen-bond donors (Lipinski definition) is 1. The molecular formula is C24H28N2O3. The van der Waals surface area contributed by atoms with E-state index < -0.39 is 11.9 Å². The van der Waals surface area contributed by atoms with Gasteiger partial charge in [-0.3, -0.25) is 14.5 Å². The Morgan fingerprint density at radius 1 is 0.931 bits per heavy atom. The molecule has 5 heteroatoms. The molecule has 2 unspecified atom stereocenters. The topological polar surface area (TPSA) is 60.9 Å². The SMILES string of the molecule is O=C(O)C1CCC(=O)N(C2CCN(Cc3ccccc3)CC2)C1c1ccccc1. The predicted molar refractivity (Wildman–Crippen MR) is 111 cm³/mol. The maximum absolute atomic E-state index is 12.9. The van der Waals surface area contributed by atoms with Crippen molar-refractivity contribution in [2.45, 2.75) is 44.3 Å². The third-order valence-corrected chi connectivity index (χ3v) is 6.30. The molecule has 5 nitrogen and oxygen atoms in total. The summed E-state index contributed by atoms with van der Waals surface area (Å²) in [4.78, 5) is 29.3. The van der Waals surface area contributed by atoms with E-state index in [0.29, 0.717) is 12.8 Å². The van der Waals surface area contributed by atoms with E-state index in [-0.39, 0.29) is 18.0 Å². The van der Waals surface area contributed by atoms with Gasteiger partial charge >= 0.3 is 5.97 Å². The van der Waals surface area contributed by atoms with Crippen molar-refractivity contribution < 1.29 is 14.7 Å². The van der Waals surface area contributed by atoms with Crippen LogP contribution in [0.1, 0.15) is 42.9 Å². The molecule has 2 saturated heterocycles. The number of carbonyl (C=O) groups is 2. The Bertz CT molecular complexity index is 832. The number of rotatable bonds is 5. The first-order valence-corrected chi connectivity index (χ1v) is 10.5. The largest absolute Gasteiger partial charge is 0.481 e. The summed E-state index contributed by atoms with van der Waals surface area (Å²) in [5.74, 6) is -1.26. The van der Waals surface area contributed by atoms with Gasteiger partial charge in [-0.1, -0.05) is 60.7 Å². The summed E-state index contributed by atoms with van der Waals surface area (Å²) >= 11 is 0. The summed E-state index contributed by atoms with van der Waals surface area (Å²) < 4.78 is 0. The molecule has 0 radical (unpaired) electrons. The predicted octanol–water partition coefficient (Wildman–Crippen LogP) is 3.72. The molecule has 0 aromatic heterocycles. The first-order chi connectivity index (χ1) is 14.1. The zero-order valence-corrected chi connectivity index (χ0v) is 16.6. The van der Waals surface area contributed by atoms with Gasteiger partial charge in [0.15, 0.2) is 0 Å². The highest BCUT2D eigenvalue weighted by molar-refractivity contribution is 5.82. The Morgan fingerprint density at radius 2 is 1.55 bits per heavy atom. The van der Waals surface area contributed by atoms with Gasteiger partial charge in [0.2, 0.25) is 5.91 Å². The van der Waals surface area contributed by atoms with E-state index in [1.54, 1.807) is 0 Å². The minimum Gasteiger partial charge on any atom is -0.481 e. The van der Waals surface area contributed by atoms with Crippen LogP contribution in [0.2, 0.25) is 0 Å². The van der Waals surface area contributed by atoms with Gasteiger partial charge in [0.25, 0.3) is 0 Å². The summed E-state index contributed by atoms with van der Waals surface area (Å²) in [5.41, 5.74) is 2.23. The summed E-state index contributed by atoms with van der Waals surface area (Å²) in [5, 5.41) is 9.83. The van der Waals surface area contributed by atoms with Gasteiger partial charge in [-0.15, -0.1) is 0 Å². The monoisotopic (exact) mass is 392 g/mol. The van der Waals surface area contributed by atoms with E-state index in [4.69, 9.17) is 0 Å². The summed E-state index contributed by atoms with van der Waals surface area (Å²) in [7, 11) is 0. The first kappa shape index (κ1) is 19.6. The zero-order chi connectivity index (χ0) is 20.2. The average molecular weight is 392 g/mol. The molecule has 2 aromatic rings. The lowest BCUT2D eigenvalue weighted by Crippen LogP contribution is -2.53. The molecule has 2 atom stereocenters. The second kappa shape index (κ2) is 8.78. The van der Waals surface area contributed by atoms with Crippen LogP contribution in [0.5, 0.6) is 0 Å². The molecule has 2 heterocycles. The third-order valence-electron chi connectivity index (χ3n) is 6.30. The fourth-order valence-corrected chi connectivity index (χ4v) is 4.84. The van der Waals surface area contributed by atoms with E-state index in [0.717, 1.165) is 38.0 Å². The highest BCUT2D eigenvalue weighted by Crippen LogP contribution is 2.40. The molecule has 1 N–H and O–H groups in total. The van der Waals surface area contributed by atoms with Crippen molar-refractivity contribution in [1.82, 2.24) is 9.80 Å². The fraction of sp³-hybridized carbons (Fsp3) is 0.417. The number of carboxylic acid groups (broad SMARTS) is 1. The Balaban J connectivity index is 1.51. The van der Waals surface area contributed by atoms with Gasteiger partial charge < -0.3 is 10.0 Å². The second-order valence-corrected chi connectivity index (χ2v) is 8.13. The number of nitrogens with zero attached hydrogens (tertiary/aromatic N) is 2. The minimum absolute atomic E-state index is 0.0952. The molecule has 0 spiro atoms. The van der Waals surface area contributed by atoms with Crippen molar-refractivity contribution >= 4 is 11.9 Å². The van der Waals surface area contributed by atoms with Gasteiger partial charge in [0.05, 0.1) is 12.0 Å². The lowest BCUT2D eigenvalue weighted by Gasteiger charge is -2.47. The molecule has 152 valence electrons. The molecule has 2 aliphatic rings. The average Bonchev–Trinajstić information content (AvgIpc) is 2.75. The molecule has 0 saturated carbocycles. The molecule has 2 fully saturated rings. The van der Waals surface area contributed by atoms with Crippen LogP contribution in [0.15, 0.2) is 60.7 Å². The molecule has 4 rings (SSSR count). The van der Waals surface area contributed by atoms with Crippen LogP contribution in [0.3, 0.4) is 0 Å². The van der Waals surface area contributed by atoms with Gasteiger partial charge in [-0.05, 0) is 30.4 Å². The summed E-state index contributed by atoms with van der Waals surface area (Å²) in [6.45, 7) is 2.76. The van der Waals surface area contributed by atoms with Gasteiger partial charge in [-0.2, -0.15) is 0 Å². The Morgan fingerprint density at radius 3 is 2.17 bits per heavy atom. The van der Waals surface area contributed by atoms with Gasteiger partial charge in [0, 0.05) is 32.1 Å². The first-order valence-electron chi connectivity index (χ1n) is 10.5. The molecular weight excluding hydrogens is 364 g/mol. The standard InChI is InChI=1S/C24H28N2O3/c27-22-12-11-21(24(28)29)23(19-9-5-2-6-10-19)26(22)20-13-15-25(16-14-20)17-18-7-3-1-4-8-18/h1-10,20-21,23H,11-17H2,(H,28,29). The van der Waals surface area contributed by atoms with Crippen LogP contribution >= 0.6 is 0 Å². The van der Waals surface area contributed by atoms with Crippen LogP contribution in [0.4, 0.5) is 0 Å². The Labute approximate surface area is 171 Å². The highest BCUT2D eigenvalue weighted by Gasteiger charge is 2.44. The van der Waals surface area contributed by atoms with Crippen LogP contribution < -0.4 is 0 Å². The fourth-order valence-electron chi connectivity index (χ4n) is 4.84. The van der Waals surface area contributed by atoms with Gasteiger partial charge in [-0.25, -0.2) is 0 Å². The quantitative estimate of drug-likeness (QED) is 0.843. The number of aliphatic carboxylic acids is 1. The van der Waals surface area contributed by atoms with Crippen LogP contribution in [0, 0.1) is 5.92 Å². The Hall–Kier alpha value is -2.66. The van der Waals surface area contributed by atoms with Crippen LogP contribution in [-0.2, 0) is 16.1 Å². The molecule has 29 heavy (non-hydrogen) atoms. The lowest BCUT2D eigenvalue weighted by atomic mass is 9.82. The molecule has 1 amide bonds. The van der Waals surface area contributed by atoms with E-state index in [9.17, 15) is 14.7 Å². The number of amides is 1. The number of carbonyl (C=O) groups excluding carboxylic acids is 1. The van der Waals surface area contributed by atoms with Crippen molar-refractivity contribution in [1.29, 1.82) is 0 Å². The number of benzene rings is 2. The molecule has 2 aromatic carbocycles. The number of hydrogen-bond acceptors (Lipinski definition) is 3. The van der Waals surface area contributed by atoms with Crippen LogP contribution in [-0.4, -0.2) is 45.9 Å². The highest BCUT2D eigenvalue weighted by atomic mass is 16.4. The zero-order valence-electron chi connectivity index (χ0n) is 16.6. The number of piperidine rings is 2. The summed E-state index contributed by atoms with van der Waals surface area (Å²) in [6.07, 6.45) is 2.50. The normalized spacial score (nSPS) is 23.9. The Kier molecular flexibility index (Phi) is 5.95. The third kappa shape index (κ3) is 4.35. The van der Waals surface area contributed by atoms with Crippen molar-refractivity contribution in [2.24, 2.45) is 5.92 Å². The van der Waals surface area contributed by atoms with E-state index in [2.05, 4.69) is 29.2 Å². The minimum atomic E-state index is -0.808. The van der Waals surface area contributed by atoms with Crippen molar-refractivity contribution in [3.63, 3.8) is 0 Å². The van der Waals surface area contributed by atoms with E-state index >= 15 is 0 Å². The van der Waals surface area contributed by atoms with Crippen molar-refractivity contribution in [2.75, 3.05) is 13.1 Å². The lowest BCUT2D eigenvalue weighted by molar-refractivity contribution is -0.155. The van der Waals surface area contributed by atoms with Crippen LogP contribution in [0.25, 0.3) is 0 Å². The smallest absolute Gasteiger partial charge is 0.308 e. The van der Waals surface area contributed by atoms with E-state index in [1.165, 1.54) is 5.56 Å². The number of carboxylic acids is 1. The van der Waals surface area contributed by atoms with Crippen molar-refractivity contribution in [3.8, 4) is 0 Å².